The Kier molecular flexibility index (Phi) is 7.08. The van der Waals surface area contributed by atoms with Crippen molar-refractivity contribution in [1.29, 1.82) is 0 Å². The van der Waals surface area contributed by atoms with Gasteiger partial charge in [0.15, 0.2) is 11.5 Å². The average Bonchev–Trinajstić information content (AvgIpc) is 2.71. The Morgan fingerprint density at radius 2 is 1.50 bits per heavy atom. The van der Waals surface area contributed by atoms with Gasteiger partial charge in [0.25, 0.3) is 5.91 Å². The lowest BCUT2D eigenvalue weighted by Crippen LogP contribution is -2.34. The van der Waals surface area contributed by atoms with Crippen LogP contribution in [0.3, 0.4) is 0 Å². The van der Waals surface area contributed by atoms with Gasteiger partial charge in [-0.3, -0.25) is 4.79 Å². The number of benzene rings is 2. The predicted molar refractivity (Wildman–Crippen MR) is 98.9 cm³/mol. The molecule has 2 rings (SSSR count). The van der Waals surface area contributed by atoms with Crippen LogP contribution in [0.15, 0.2) is 36.4 Å². The monoisotopic (exact) mass is 388 g/mol. The van der Waals surface area contributed by atoms with Crippen LogP contribution in [-0.2, 0) is 4.79 Å². The van der Waals surface area contributed by atoms with Crippen molar-refractivity contribution in [3.63, 3.8) is 0 Å². The first-order chi connectivity index (χ1) is 13.4. The highest BCUT2D eigenvalue weighted by Gasteiger charge is 2.20. The Hall–Kier alpha value is -3.42. The molecule has 0 heterocycles. The SMILES string of the molecule is COc1ccc([C@H](CC(=O)[O-])NC(=O)c2cc(OC)c(OC)c(OC)c2)cc1. The minimum Gasteiger partial charge on any atom is -0.550 e. The number of aliphatic carboxylic acids is 1. The van der Waals surface area contributed by atoms with Gasteiger partial charge in [-0.25, -0.2) is 0 Å². The van der Waals surface area contributed by atoms with Crippen LogP contribution in [0.4, 0.5) is 0 Å². The number of methoxy groups -OCH3 is 4. The maximum Gasteiger partial charge on any atom is 0.252 e. The molecule has 0 aromatic heterocycles. The number of carboxylic acids is 1. The first kappa shape index (κ1) is 20.9. The molecule has 8 nitrogen and oxygen atoms in total. The van der Waals surface area contributed by atoms with Crippen LogP contribution >= 0.6 is 0 Å². The zero-order valence-electron chi connectivity index (χ0n) is 16.1. The maximum atomic E-state index is 12.8. The van der Waals surface area contributed by atoms with E-state index in [1.54, 1.807) is 24.3 Å². The van der Waals surface area contributed by atoms with Gasteiger partial charge in [-0.1, -0.05) is 12.1 Å². The van der Waals surface area contributed by atoms with E-state index in [1.165, 1.54) is 40.6 Å². The summed E-state index contributed by atoms with van der Waals surface area (Å²) in [6, 6.07) is 8.92. The largest absolute Gasteiger partial charge is 0.550 e. The molecular weight excluding hydrogens is 366 g/mol. The van der Waals surface area contributed by atoms with E-state index in [4.69, 9.17) is 18.9 Å². The molecule has 2 aromatic rings. The Balaban J connectivity index is 2.33. The standard InChI is InChI=1S/C20H23NO7/c1-25-14-7-5-12(6-8-14)15(11-18(22)23)21-20(24)13-9-16(26-2)19(28-4)17(10-13)27-3/h5-10,15H,11H2,1-4H3,(H,21,24)(H,22,23)/p-1/t15-/m0/s1. The minimum atomic E-state index is -1.29. The van der Waals surface area contributed by atoms with Crippen molar-refractivity contribution >= 4 is 11.9 Å². The van der Waals surface area contributed by atoms with E-state index >= 15 is 0 Å². The summed E-state index contributed by atoms with van der Waals surface area (Å²) in [5, 5.41) is 13.9. The van der Waals surface area contributed by atoms with Gasteiger partial charge >= 0.3 is 0 Å². The lowest BCUT2D eigenvalue weighted by atomic mass is 10.0. The van der Waals surface area contributed by atoms with Crippen molar-refractivity contribution in [2.45, 2.75) is 12.5 Å². The fourth-order valence-corrected chi connectivity index (χ4v) is 2.71. The van der Waals surface area contributed by atoms with Crippen LogP contribution in [0.5, 0.6) is 23.0 Å². The summed E-state index contributed by atoms with van der Waals surface area (Å²) in [5.74, 6) is -0.192. The number of carbonyl (C=O) groups is 2. The Morgan fingerprint density at radius 1 is 0.929 bits per heavy atom. The van der Waals surface area contributed by atoms with E-state index in [0.29, 0.717) is 28.6 Å². The van der Waals surface area contributed by atoms with Gasteiger partial charge in [-0.05, 0) is 29.8 Å². The van der Waals surface area contributed by atoms with Crippen molar-refractivity contribution in [3.05, 3.63) is 47.5 Å². The lowest BCUT2D eigenvalue weighted by Gasteiger charge is -2.21. The molecule has 150 valence electrons. The predicted octanol–water partition coefficient (Wildman–Crippen LogP) is 1.33. The summed E-state index contributed by atoms with van der Waals surface area (Å²) in [5.41, 5.74) is 0.831. The van der Waals surface area contributed by atoms with Crippen molar-refractivity contribution < 1.29 is 33.6 Å². The van der Waals surface area contributed by atoms with E-state index in [0.717, 1.165) is 0 Å². The van der Waals surface area contributed by atoms with Crippen LogP contribution < -0.4 is 29.4 Å². The minimum absolute atomic E-state index is 0.228. The number of hydrogen-bond donors (Lipinski definition) is 1. The van der Waals surface area contributed by atoms with Gasteiger partial charge < -0.3 is 34.2 Å². The highest BCUT2D eigenvalue weighted by Crippen LogP contribution is 2.38. The molecule has 2 aromatic carbocycles. The normalized spacial score (nSPS) is 11.3. The molecule has 0 aliphatic heterocycles. The third-order valence-corrected chi connectivity index (χ3v) is 4.12. The van der Waals surface area contributed by atoms with E-state index < -0.39 is 17.9 Å². The van der Waals surface area contributed by atoms with Crippen molar-refractivity contribution in [2.75, 3.05) is 28.4 Å². The molecule has 1 N–H and O–H groups in total. The maximum absolute atomic E-state index is 12.8. The van der Waals surface area contributed by atoms with Crippen LogP contribution in [0, 0.1) is 0 Å². The molecule has 8 heteroatoms. The number of nitrogens with one attached hydrogen (secondary N) is 1. The summed E-state index contributed by atoms with van der Waals surface area (Å²) in [6.45, 7) is 0. The van der Waals surface area contributed by atoms with Gasteiger partial charge in [-0.15, -0.1) is 0 Å². The lowest BCUT2D eigenvalue weighted by molar-refractivity contribution is -0.306. The second kappa shape index (κ2) is 9.50. The first-order valence-corrected chi connectivity index (χ1v) is 8.38. The number of carboxylic acid groups (broad SMARTS) is 1. The van der Waals surface area contributed by atoms with Gasteiger partial charge in [0.05, 0.1) is 34.5 Å². The van der Waals surface area contributed by atoms with Crippen molar-refractivity contribution in [2.24, 2.45) is 0 Å². The molecule has 0 saturated carbocycles. The van der Waals surface area contributed by atoms with E-state index in [9.17, 15) is 14.7 Å². The summed E-state index contributed by atoms with van der Waals surface area (Å²) in [6.07, 6.45) is -0.386. The second-order valence-electron chi connectivity index (χ2n) is 5.79. The van der Waals surface area contributed by atoms with E-state index in [1.807, 2.05) is 0 Å². The molecule has 0 aliphatic carbocycles. The molecule has 1 atom stereocenters. The fourth-order valence-electron chi connectivity index (χ4n) is 2.71. The van der Waals surface area contributed by atoms with Crippen LogP contribution in [0.1, 0.15) is 28.4 Å². The number of rotatable bonds is 9. The molecule has 0 bridgehead atoms. The molecular formula is C20H22NO7-. The molecule has 0 unspecified atom stereocenters. The highest BCUT2D eigenvalue weighted by molar-refractivity contribution is 5.96. The van der Waals surface area contributed by atoms with Crippen LogP contribution in [0.2, 0.25) is 0 Å². The number of hydrogen-bond acceptors (Lipinski definition) is 7. The van der Waals surface area contributed by atoms with Crippen LogP contribution in [-0.4, -0.2) is 40.3 Å². The van der Waals surface area contributed by atoms with E-state index in [2.05, 4.69) is 5.32 Å². The molecule has 0 fully saturated rings. The molecule has 1 amide bonds. The summed E-state index contributed by atoms with van der Waals surface area (Å²) < 4.78 is 20.8. The second-order valence-corrected chi connectivity index (χ2v) is 5.79. The van der Waals surface area contributed by atoms with Gasteiger partial charge in [0, 0.05) is 18.0 Å². The molecule has 0 aliphatic rings. The van der Waals surface area contributed by atoms with Crippen LogP contribution in [0.25, 0.3) is 0 Å². The molecule has 0 radical (unpaired) electrons. The van der Waals surface area contributed by atoms with Gasteiger partial charge in [-0.2, -0.15) is 0 Å². The first-order valence-electron chi connectivity index (χ1n) is 8.38. The topological polar surface area (TPSA) is 106 Å². The average molecular weight is 388 g/mol. The Morgan fingerprint density at radius 3 is 1.93 bits per heavy atom. The molecule has 0 saturated heterocycles. The number of amides is 1. The Labute approximate surface area is 163 Å². The summed E-state index contributed by atoms with van der Waals surface area (Å²) in [7, 11) is 5.87. The highest BCUT2D eigenvalue weighted by atomic mass is 16.5. The van der Waals surface area contributed by atoms with Gasteiger partial charge in [0.2, 0.25) is 5.75 Å². The third kappa shape index (κ3) is 4.85. The summed E-state index contributed by atoms with van der Waals surface area (Å²) >= 11 is 0. The molecule has 28 heavy (non-hydrogen) atoms. The third-order valence-electron chi connectivity index (χ3n) is 4.12. The fraction of sp³-hybridized carbons (Fsp3) is 0.300. The smallest absolute Gasteiger partial charge is 0.252 e. The quantitative estimate of drug-likeness (QED) is 0.691. The van der Waals surface area contributed by atoms with Gasteiger partial charge in [0.1, 0.15) is 5.75 Å². The zero-order chi connectivity index (χ0) is 20.7. The summed E-state index contributed by atoms with van der Waals surface area (Å²) in [4.78, 5) is 23.9. The zero-order valence-corrected chi connectivity index (χ0v) is 16.1. The van der Waals surface area contributed by atoms with E-state index in [-0.39, 0.29) is 12.0 Å². The van der Waals surface area contributed by atoms with Crippen molar-refractivity contribution in [3.8, 4) is 23.0 Å². The van der Waals surface area contributed by atoms with Crippen molar-refractivity contribution in [1.82, 2.24) is 5.32 Å². The number of ether oxygens (including phenoxy) is 4. The number of carbonyl (C=O) groups excluding carboxylic acids is 2. The molecule has 0 spiro atoms. The Bertz CT molecular complexity index is 808.